The average Bonchev–Trinajstić information content (AvgIpc) is 2.49. The Hall–Kier alpha value is -1.75. The van der Waals surface area contributed by atoms with Gasteiger partial charge in [0.1, 0.15) is 11.5 Å². The van der Waals surface area contributed by atoms with Crippen LogP contribution in [0.1, 0.15) is 19.8 Å². The van der Waals surface area contributed by atoms with Crippen molar-refractivity contribution in [3.05, 3.63) is 18.2 Å². The third kappa shape index (κ3) is 3.04. The number of likely N-dealkylation sites (N-methyl/N-ethyl adjacent to an activating group) is 1. The van der Waals surface area contributed by atoms with Gasteiger partial charge in [-0.15, -0.1) is 0 Å². The maximum absolute atomic E-state index is 12.5. The van der Waals surface area contributed by atoms with Crippen LogP contribution in [0.3, 0.4) is 0 Å². The summed E-state index contributed by atoms with van der Waals surface area (Å²) in [7, 11) is 3.22. The van der Waals surface area contributed by atoms with Gasteiger partial charge in [-0.2, -0.15) is 0 Å². The number of benzene rings is 1. The molecule has 0 saturated carbocycles. The summed E-state index contributed by atoms with van der Waals surface area (Å²) in [5, 5.41) is 3.24. The van der Waals surface area contributed by atoms with Gasteiger partial charge in [0.05, 0.1) is 25.9 Å². The smallest absolute Gasteiger partial charge is 0.244 e. The summed E-state index contributed by atoms with van der Waals surface area (Å²) in [5.41, 5.74) is 0.828. The molecule has 1 aliphatic heterocycles. The summed E-state index contributed by atoms with van der Waals surface area (Å²) in [5.74, 6) is 1.50. The van der Waals surface area contributed by atoms with E-state index in [-0.39, 0.29) is 11.9 Å². The molecule has 1 amide bonds. The van der Waals surface area contributed by atoms with Gasteiger partial charge in [0.2, 0.25) is 5.91 Å². The van der Waals surface area contributed by atoms with Gasteiger partial charge < -0.3 is 19.7 Å². The molecule has 1 aromatic carbocycles. The van der Waals surface area contributed by atoms with E-state index in [1.807, 2.05) is 24.0 Å². The van der Waals surface area contributed by atoms with Crippen molar-refractivity contribution >= 4 is 11.6 Å². The van der Waals surface area contributed by atoms with Crippen LogP contribution in [0, 0.1) is 0 Å². The van der Waals surface area contributed by atoms with Crippen molar-refractivity contribution in [1.29, 1.82) is 0 Å². The zero-order valence-electron chi connectivity index (χ0n) is 12.3. The molecule has 1 unspecified atom stereocenters. The third-order valence-electron chi connectivity index (χ3n) is 3.54. The van der Waals surface area contributed by atoms with E-state index < -0.39 is 0 Å². The molecular formula is C15H22N2O3. The number of carbonyl (C=O) groups is 1. The van der Waals surface area contributed by atoms with Crippen LogP contribution in [-0.2, 0) is 4.79 Å². The van der Waals surface area contributed by atoms with Crippen LogP contribution in [0.15, 0.2) is 18.2 Å². The molecule has 1 fully saturated rings. The van der Waals surface area contributed by atoms with Crippen LogP contribution in [0.25, 0.3) is 0 Å². The lowest BCUT2D eigenvalue weighted by Gasteiger charge is -2.33. The lowest BCUT2D eigenvalue weighted by atomic mass is 10.0. The highest BCUT2D eigenvalue weighted by Gasteiger charge is 2.29. The summed E-state index contributed by atoms with van der Waals surface area (Å²) >= 11 is 0. The van der Waals surface area contributed by atoms with Crippen molar-refractivity contribution in [3.8, 4) is 11.5 Å². The molecule has 0 bridgehead atoms. The van der Waals surface area contributed by atoms with Crippen LogP contribution >= 0.6 is 0 Å². The lowest BCUT2D eigenvalue weighted by Crippen LogP contribution is -2.50. The second-order valence-corrected chi connectivity index (χ2v) is 4.81. The highest BCUT2D eigenvalue weighted by molar-refractivity contribution is 5.98. The van der Waals surface area contributed by atoms with Crippen molar-refractivity contribution in [2.75, 3.05) is 32.2 Å². The van der Waals surface area contributed by atoms with E-state index >= 15 is 0 Å². The predicted octanol–water partition coefficient (Wildman–Crippen LogP) is 1.81. The summed E-state index contributed by atoms with van der Waals surface area (Å²) in [6, 6.07) is 5.45. The quantitative estimate of drug-likeness (QED) is 0.892. The second kappa shape index (κ2) is 6.61. The maximum atomic E-state index is 12.5. The van der Waals surface area contributed by atoms with Crippen LogP contribution in [0.2, 0.25) is 0 Å². The molecule has 1 aliphatic rings. The highest BCUT2D eigenvalue weighted by Crippen LogP contribution is 2.30. The molecule has 0 aliphatic carbocycles. The van der Waals surface area contributed by atoms with Crippen molar-refractivity contribution in [2.24, 2.45) is 0 Å². The molecule has 2 rings (SSSR count). The van der Waals surface area contributed by atoms with E-state index in [2.05, 4.69) is 5.32 Å². The summed E-state index contributed by atoms with van der Waals surface area (Å²) in [6.07, 6.45) is 1.88. The summed E-state index contributed by atoms with van der Waals surface area (Å²) in [6.45, 7) is 3.55. The number of anilines is 1. The normalized spacial score (nSPS) is 19.1. The molecule has 1 heterocycles. The van der Waals surface area contributed by atoms with Gasteiger partial charge in [0, 0.05) is 24.7 Å². The van der Waals surface area contributed by atoms with Gasteiger partial charge in [0.15, 0.2) is 0 Å². The molecule has 1 N–H and O–H groups in total. The SMILES string of the molecule is CCNC1CCCN(c2cc(OC)cc(OC)c2)C1=O. The summed E-state index contributed by atoms with van der Waals surface area (Å²) in [4.78, 5) is 14.3. The van der Waals surface area contributed by atoms with E-state index in [9.17, 15) is 4.79 Å². The van der Waals surface area contributed by atoms with Gasteiger partial charge in [-0.1, -0.05) is 6.92 Å². The second-order valence-electron chi connectivity index (χ2n) is 4.81. The van der Waals surface area contributed by atoms with Gasteiger partial charge >= 0.3 is 0 Å². The molecule has 20 heavy (non-hydrogen) atoms. The predicted molar refractivity (Wildman–Crippen MR) is 78.6 cm³/mol. The van der Waals surface area contributed by atoms with Crippen LogP contribution in [-0.4, -0.2) is 39.3 Å². The summed E-state index contributed by atoms with van der Waals surface area (Å²) < 4.78 is 10.5. The minimum atomic E-state index is -0.0917. The Morgan fingerprint density at radius 3 is 2.45 bits per heavy atom. The zero-order chi connectivity index (χ0) is 14.5. The number of carbonyl (C=O) groups excluding carboxylic acids is 1. The molecule has 5 nitrogen and oxygen atoms in total. The Kier molecular flexibility index (Phi) is 4.84. The minimum absolute atomic E-state index is 0.0917. The average molecular weight is 278 g/mol. The van der Waals surface area contributed by atoms with Crippen molar-refractivity contribution < 1.29 is 14.3 Å². The van der Waals surface area contributed by atoms with Gasteiger partial charge in [-0.05, 0) is 19.4 Å². The Balaban J connectivity index is 2.27. The van der Waals surface area contributed by atoms with Gasteiger partial charge in [-0.3, -0.25) is 4.79 Å². The van der Waals surface area contributed by atoms with Gasteiger partial charge in [-0.25, -0.2) is 0 Å². The molecule has 0 radical (unpaired) electrons. The van der Waals surface area contributed by atoms with E-state index in [1.54, 1.807) is 20.3 Å². The van der Waals surface area contributed by atoms with Crippen molar-refractivity contribution in [3.63, 3.8) is 0 Å². The number of amides is 1. The molecule has 1 saturated heterocycles. The fourth-order valence-corrected chi connectivity index (χ4v) is 2.52. The monoisotopic (exact) mass is 278 g/mol. The molecule has 5 heteroatoms. The van der Waals surface area contributed by atoms with Crippen molar-refractivity contribution in [1.82, 2.24) is 5.32 Å². The molecule has 0 spiro atoms. The fraction of sp³-hybridized carbons (Fsp3) is 0.533. The standard InChI is InChI=1S/C15H22N2O3/c1-4-16-14-6-5-7-17(15(14)18)11-8-12(19-2)10-13(9-11)20-3/h8-10,14,16H,4-7H2,1-3H3. The van der Waals surface area contributed by atoms with E-state index in [0.29, 0.717) is 11.5 Å². The number of nitrogens with zero attached hydrogens (tertiary/aromatic N) is 1. The Morgan fingerprint density at radius 2 is 1.90 bits per heavy atom. The maximum Gasteiger partial charge on any atom is 0.244 e. The Morgan fingerprint density at radius 1 is 1.25 bits per heavy atom. The number of nitrogens with one attached hydrogen (secondary N) is 1. The van der Waals surface area contributed by atoms with Crippen LogP contribution in [0.4, 0.5) is 5.69 Å². The molecule has 1 aromatic rings. The first-order valence-electron chi connectivity index (χ1n) is 6.97. The number of hydrogen-bond donors (Lipinski definition) is 1. The first kappa shape index (κ1) is 14.7. The van der Waals surface area contributed by atoms with Crippen molar-refractivity contribution in [2.45, 2.75) is 25.8 Å². The molecule has 1 atom stereocenters. The number of piperidine rings is 1. The fourth-order valence-electron chi connectivity index (χ4n) is 2.52. The molecule has 0 aromatic heterocycles. The Labute approximate surface area is 119 Å². The number of methoxy groups -OCH3 is 2. The zero-order valence-corrected chi connectivity index (χ0v) is 12.3. The van der Waals surface area contributed by atoms with Gasteiger partial charge in [0.25, 0.3) is 0 Å². The first-order valence-corrected chi connectivity index (χ1v) is 6.97. The Bertz CT molecular complexity index is 452. The van der Waals surface area contributed by atoms with E-state index in [4.69, 9.17) is 9.47 Å². The number of rotatable bonds is 5. The third-order valence-corrected chi connectivity index (χ3v) is 3.54. The number of hydrogen-bond acceptors (Lipinski definition) is 4. The van der Waals surface area contributed by atoms with Crippen LogP contribution < -0.4 is 19.7 Å². The number of ether oxygens (including phenoxy) is 2. The molecular weight excluding hydrogens is 256 g/mol. The van der Waals surface area contributed by atoms with E-state index in [0.717, 1.165) is 31.6 Å². The minimum Gasteiger partial charge on any atom is -0.497 e. The highest BCUT2D eigenvalue weighted by atomic mass is 16.5. The first-order chi connectivity index (χ1) is 9.69. The van der Waals surface area contributed by atoms with E-state index in [1.165, 1.54) is 0 Å². The molecule has 110 valence electrons. The van der Waals surface area contributed by atoms with Crippen LogP contribution in [0.5, 0.6) is 11.5 Å². The largest absolute Gasteiger partial charge is 0.497 e. The lowest BCUT2D eigenvalue weighted by molar-refractivity contribution is -0.121. The topological polar surface area (TPSA) is 50.8 Å².